The molecule has 0 saturated carbocycles. The van der Waals surface area contributed by atoms with Gasteiger partial charge in [-0.25, -0.2) is 4.79 Å². The summed E-state index contributed by atoms with van der Waals surface area (Å²) in [4.78, 5) is 16.6. The summed E-state index contributed by atoms with van der Waals surface area (Å²) in [5.74, 6) is 0. The number of nitrogens with zero attached hydrogens (tertiary/aromatic N) is 2. The maximum absolute atomic E-state index is 13.6. The van der Waals surface area contributed by atoms with Gasteiger partial charge in [0.25, 0.3) is 0 Å². The molecule has 0 aromatic heterocycles. The molecule has 6 heteroatoms. The first-order valence-corrected chi connectivity index (χ1v) is 9.98. The number of amides is 2. The largest absolute Gasteiger partial charge is 0.370 e. The fourth-order valence-electron chi connectivity index (χ4n) is 3.84. The molecular formula is C23H20Cl2N2O2. The number of aryl methyl sites for hydroxylation is 1. The van der Waals surface area contributed by atoms with Gasteiger partial charge in [-0.05, 0) is 67.9 Å². The quantitative estimate of drug-likeness (QED) is 0.559. The molecule has 2 amide bonds. The van der Waals surface area contributed by atoms with Crippen LogP contribution in [0.3, 0.4) is 0 Å². The summed E-state index contributed by atoms with van der Waals surface area (Å²) < 4.78 is 0. The lowest BCUT2D eigenvalue weighted by Crippen LogP contribution is -2.47. The molecule has 0 bridgehead atoms. The number of carbonyl (C=O) groups is 1. The molecule has 0 radical (unpaired) electrons. The van der Waals surface area contributed by atoms with Gasteiger partial charge in [0.05, 0.1) is 0 Å². The Bertz CT molecular complexity index is 1050. The van der Waals surface area contributed by atoms with Crippen molar-refractivity contribution in [2.45, 2.75) is 25.6 Å². The number of carbonyl (C=O) groups excluding carboxylic acids is 1. The average Bonchev–Trinajstić information content (AvgIpc) is 2.90. The SMILES string of the molecule is Cc1cccc([C@@]2(C)C(O)N(c3ccc(Cl)cc3)C(=O)N2c2ccc(Cl)cc2)c1. The monoisotopic (exact) mass is 426 g/mol. The molecule has 1 fully saturated rings. The Balaban J connectivity index is 1.90. The second-order valence-electron chi connectivity index (χ2n) is 7.33. The first kappa shape index (κ1) is 19.8. The van der Waals surface area contributed by atoms with Crippen molar-refractivity contribution in [3.05, 3.63) is 94.0 Å². The lowest BCUT2D eigenvalue weighted by atomic mass is 9.88. The summed E-state index contributed by atoms with van der Waals surface area (Å²) >= 11 is 12.1. The predicted molar refractivity (Wildman–Crippen MR) is 118 cm³/mol. The van der Waals surface area contributed by atoms with E-state index in [-0.39, 0.29) is 6.03 Å². The zero-order valence-electron chi connectivity index (χ0n) is 16.0. The molecule has 29 heavy (non-hydrogen) atoms. The van der Waals surface area contributed by atoms with Gasteiger partial charge in [0.15, 0.2) is 6.23 Å². The van der Waals surface area contributed by atoms with E-state index in [4.69, 9.17) is 23.2 Å². The van der Waals surface area contributed by atoms with Crippen LogP contribution in [-0.4, -0.2) is 17.4 Å². The van der Waals surface area contributed by atoms with Crippen LogP contribution < -0.4 is 9.80 Å². The Hall–Kier alpha value is -2.53. The Morgan fingerprint density at radius 1 is 0.897 bits per heavy atom. The maximum Gasteiger partial charge on any atom is 0.332 e. The number of aliphatic hydroxyl groups is 1. The zero-order chi connectivity index (χ0) is 20.8. The average molecular weight is 427 g/mol. The van der Waals surface area contributed by atoms with E-state index in [2.05, 4.69) is 0 Å². The van der Waals surface area contributed by atoms with Crippen molar-refractivity contribution in [2.75, 3.05) is 9.80 Å². The van der Waals surface area contributed by atoms with Gasteiger partial charge in [-0.1, -0.05) is 53.0 Å². The number of urea groups is 1. The van der Waals surface area contributed by atoms with Crippen LogP contribution in [0.5, 0.6) is 0 Å². The highest BCUT2D eigenvalue weighted by Gasteiger charge is 2.56. The fraction of sp³-hybridized carbons (Fsp3) is 0.174. The van der Waals surface area contributed by atoms with E-state index in [0.29, 0.717) is 21.4 Å². The molecule has 148 valence electrons. The van der Waals surface area contributed by atoms with Crippen LogP contribution in [0.4, 0.5) is 16.2 Å². The van der Waals surface area contributed by atoms with Crippen LogP contribution in [0.2, 0.25) is 10.0 Å². The third-order valence-corrected chi connectivity index (χ3v) is 5.91. The minimum atomic E-state index is -1.12. The van der Waals surface area contributed by atoms with E-state index < -0.39 is 11.8 Å². The van der Waals surface area contributed by atoms with Crippen molar-refractivity contribution >= 4 is 40.6 Å². The lowest BCUT2D eigenvalue weighted by Gasteiger charge is -2.36. The molecule has 1 aliphatic rings. The summed E-state index contributed by atoms with van der Waals surface area (Å²) in [6.45, 7) is 3.86. The van der Waals surface area contributed by atoms with E-state index >= 15 is 0 Å². The van der Waals surface area contributed by atoms with Crippen molar-refractivity contribution in [2.24, 2.45) is 0 Å². The molecule has 0 aliphatic carbocycles. The van der Waals surface area contributed by atoms with Crippen LogP contribution in [0.1, 0.15) is 18.1 Å². The normalized spacial score (nSPS) is 21.7. The Kier molecular flexibility index (Phi) is 5.03. The lowest BCUT2D eigenvalue weighted by molar-refractivity contribution is 0.119. The summed E-state index contributed by atoms with van der Waals surface area (Å²) in [5, 5.41) is 12.6. The van der Waals surface area contributed by atoms with Gasteiger partial charge < -0.3 is 5.11 Å². The Morgan fingerprint density at radius 2 is 1.45 bits per heavy atom. The molecule has 2 atom stereocenters. The van der Waals surface area contributed by atoms with Gasteiger partial charge in [-0.15, -0.1) is 0 Å². The smallest absolute Gasteiger partial charge is 0.332 e. The number of hydrogen-bond acceptors (Lipinski definition) is 2. The molecule has 3 aromatic rings. The molecule has 4 nitrogen and oxygen atoms in total. The summed E-state index contributed by atoms with van der Waals surface area (Å²) in [7, 11) is 0. The molecule has 1 N–H and O–H groups in total. The van der Waals surface area contributed by atoms with E-state index in [0.717, 1.165) is 11.1 Å². The second-order valence-corrected chi connectivity index (χ2v) is 8.20. The number of aliphatic hydroxyl groups excluding tert-OH is 1. The number of benzene rings is 3. The number of anilines is 2. The summed E-state index contributed by atoms with van der Waals surface area (Å²) in [6.07, 6.45) is -1.12. The minimum absolute atomic E-state index is 0.328. The molecule has 1 unspecified atom stereocenters. The van der Waals surface area contributed by atoms with Gasteiger partial charge in [-0.3, -0.25) is 9.80 Å². The van der Waals surface area contributed by atoms with Gasteiger partial charge in [-0.2, -0.15) is 0 Å². The van der Waals surface area contributed by atoms with Gasteiger partial charge >= 0.3 is 6.03 Å². The van der Waals surface area contributed by atoms with Crippen molar-refractivity contribution in [1.29, 1.82) is 0 Å². The summed E-state index contributed by atoms with van der Waals surface area (Å²) in [5.41, 5.74) is 2.09. The standard InChI is InChI=1S/C23H20Cl2N2O2/c1-15-4-3-5-16(14-15)23(2)21(28)26(19-10-6-17(24)7-11-19)22(29)27(23)20-12-8-18(25)9-13-20/h3-14,21,28H,1-2H3/t21?,23-/m0/s1. The van der Waals surface area contributed by atoms with Crippen LogP contribution >= 0.6 is 23.2 Å². The molecule has 3 aromatic carbocycles. The van der Waals surface area contributed by atoms with Crippen molar-refractivity contribution in [3.8, 4) is 0 Å². The number of rotatable bonds is 3. The van der Waals surface area contributed by atoms with Gasteiger partial charge in [0.1, 0.15) is 5.54 Å². The van der Waals surface area contributed by atoms with Gasteiger partial charge in [0, 0.05) is 21.4 Å². The highest BCUT2D eigenvalue weighted by atomic mass is 35.5. The minimum Gasteiger partial charge on any atom is -0.370 e. The van der Waals surface area contributed by atoms with Crippen molar-refractivity contribution in [3.63, 3.8) is 0 Å². The third-order valence-electron chi connectivity index (χ3n) is 5.40. The Labute approximate surface area is 179 Å². The topological polar surface area (TPSA) is 43.8 Å². The van der Waals surface area contributed by atoms with Crippen LogP contribution in [-0.2, 0) is 5.54 Å². The fourth-order valence-corrected chi connectivity index (χ4v) is 4.09. The predicted octanol–water partition coefficient (Wildman–Crippen LogP) is 5.98. The molecule has 4 rings (SSSR count). The first-order valence-electron chi connectivity index (χ1n) is 9.22. The molecule has 0 spiro atoms. The van der Waals surface area contributed by atoms with Crippen LogP contribution in [0.15, 0.2) is 72.8 Å². The second kappa shape index (κ2) is 7.38. The first-order chi connectivity index (χ1) is 13.8. The van der Waals surface area contributed by atoms with Crippen molar-refractivity contribution < 1.29 is 9.90 Å². The molecule has 1 aliphatic heterocycles. The van der Waals surface area contributed by atoms with E-state index in [9.17, 15) is 9.90 Å². The van der Waals surface area contributed by atoms with Gasteiger partial charge in [0.2, 0.25) is 0 Å². The number of hydrogen-bond donors (Lipinski definition) is 1. The van der Waals surface area contributed by atoms with E-state index in [1.807, 2.05) is 38.1 Å². The molecule has 1 saturated heterocycles. The third kappa shape index (κ3) is 3.27. The molecular weight excluding hydrogens is 407 g/mol. The van der Waals surface area contributed by atoms with E-state index in [1.165, 1.54) is 4.90 Å². The van der Waals surface area contributed by atoms with Crippen LogP contribution in [0.25, 0.3) is 0 Å². The Morgan fingerprint density at radius 3 is 2.00 bits per heavy atom. The zero-order valence-corrected chi connectivity index (χ0v) is 17.5. The number of halogens is 2. The van der Waals surface area contributed by atoms with E-state index in [1.54, 1.807) is 53.4 Å². The molecule has 1 heterocycles. The maximum atomic E-state index is 13.6. The van der Waals surface area contributed by atoms with Crippen molar-refractivity contribution in [1.82, 2.24) is 0 Å². The van der Waals surface area contributed by atoms with Crippen LogP contribution in [0, 0.1) is 6.92 Å². The summed E-state index contributed by atoms with van der Waals surface area (Å²) in [6, 6.07) is 21.4. The highest BCUT2D eigenvalue weighted by molar-refractivity contribution is 6.31. The highest BCUT2D eigenvalue weighted by Crippen LogP contribution is 2.45.